The molecule has 10 heteroatoms. The fraction of sp³-hybridized carbons (Fsp3) is 0.179. The largest absolute Gasteiger partial charge is 0.457 e. The molecule has 1 saturated heterocycles. The molecule has 2 atom stereocenters. The lowest BCUT2D eigenvalue weighted by Gasteiger charge is -2.30. The first-order chi connectivity index (χ1) is 18.3. The molecule has 0 bridgehead atoms. The number of halogens is 1. The summed E-state index contributed by atoms with van der Waals surface area (Å²) >= 11 is 6.24. The van der Waals surface area contributed by atoms with E-state index in [4.69, 9.17) is 20.8 Å². The molecule has 0 N–H and O–H groups in total. The summed E-state index contributed by atoms with van der Waals surface area (Å²) in [4.78, 5) is 65.4. The van der Waals surface area contributed by atoms with Gasteiger partial charge in [-0.2, -0.15) is 5.01 Å². The van der Waals surface area contributed by atoms with E-state index in [1.807, 2.05) is 12.2 Å². The van der Waals surface area contributed by atoms with Gasteiger partial charge in [0, 0.05) is 5.56 Å². The molecule has 0 spiro atoms. The lowest BCUT2D eigenvalue weighted by Crippen LogP contribution is -2.52. The topological polar surface area (TPSA) is 114 Å². The molecule has 5 rings (SSSR count). The third kappa shape index (κ3) is 4.76. The minimum Gasteiger partial charge on any atom is -0.457 e. The fourth-order valence-electron chi connectivity index (χ4n) is 4.52. The lowest BCUT2D eigenvalue weighted by molar-refractivity contribution is -0.154. The van der Waals surface area contributed by atoms with Gasteiger partial charge in [0.05, 0.1) is 28.7 Å². The van der Waals surface area contributed by atoms with Crippen molar-refractivity contribution in [2.24, 2.45) is 11.8 Å². The van der Waals surface area contributed by atoms with Crippen LogP contribution in [0.5, 0.6) is 5.75 Å². The number of furan rings is 1. The zero-order valence-corrected chi connectivity index (χ0v) is 20.7. The van der Waals surface area contributed by atoms with Crippen LogP contribution in [0.2, 0.25) is 5.02 Å². The Morgan fingerprint density at radius 3 is 2.18 bits per heavy atom. The average Bonchev–Trinajstić information content (AvgIpc) is 3.55. The molecule has 2 heterocycles. The van der Waals surface area contributed by atoms with E-state index in [9.17, 15) is 24.0 Å². The number of imide groups is 1. The van der Waals surface area contributed by atoms with Gasteiger partial charge < -0.3 is 9.15 Å². The quantitative estimate of drug-likeness (QED) is 0.146. The molecule has 0 saturated carbocycles. The summed E-state index contributed by atoms with van der Waals surface area (Å²) in [5.41, 5.74) is 0.230. The summed E-state index contributed by atoms with van der Waals surface area (Å²) < 4.78 is 10.2. The summed E-state index contributed by atoms with van der Waals surface area (Å²) in [5.74, 6) is -4.03. The number of carbonyl (C=O) groups excluding carboxylic acids is 5. The molecular formula is C28H21ClN2O7. The van der Waals surface area contributed by atoms with E-state index in [2.05, 4.69) is 0 Å². The molecule has 1 aliphatic heterocycles. The summed E-state index contributed by atoms with van der Waals surface area (Å²) in [7, 11) is 0. The zero-order chi connectivity index (χ0) is 26.8. The van der Waals surface area contributed by atoms with Gasteiger partial charge in [-0.15, -0.1) is 0 Å². The molecule has 1 aromatic heterocycles. The number of hydrazine groups is 1. The molecule has 1 aliphatic carbocycles. The predicted octanol–water partition coefficient (Wildman–Crippen LogP) is 4.34. The van der Waals surface area contributed by atoms with E-state index < -0.39 is 47.9 Å². The predicted molar refractivity (Wildman–Crippen MR) is 134 cm³/mol. The highest BCUT2D eigenvalue weighted by molar-refractivity contribution is 6.34. The Hall–Kier alpha value is -4.50. The minimum atomic E-state index is -0.749. The van der Waals surface area contributed by atoms with Gasteiger partial charge in [0.1, 0.15) is 12.3 Å². The van der Waals surface area contributed by atoms with Crippen LogP contribution in [0.4, 0.5) is 0 Å². The summed E-state index contributed by atoms with van der Waals surface area (Å²) in [5, 5.41) is 1.79. The molecular weight excluding hydrogens is 512 g/mol. The number of ketones is 1. The van der Waals surface area contributed by atoms with Crippen molar-refractivity contribution >= 4 is 41.1 Å². The van der Waals surface area contributed by atoms with E-state index in [1.165, 1.54) is 48.7 Å². The van der Waals surface area contributed by atoms with Crippen molar-refractivity contribution in [2.45, 2.75) is 12.8 Å². The maximum absolute atomic E-state index is 13.6. The second-order valence-corrected chi connectivity index (χ2v) is 9.21. The first kappa shape index (κ1) is 25.2. The van der Waals surface area contributed by atoms with Gasteiger partial charge in [-0.3, -0.25) is 19.2 Å². The number of nitrogens with zero attached hydrogens (tertiary/aromatic N) is 2. The van der Waals surface area contributed by atoms with Crippen LogP contribution in [0.3, 0.4) is 0 Å². The van der Waals surface area contributed by atoms with Crippen LogP contribution in [-0.4, -0.2) is 46.0 Å². The number of carbonyl (C=O) groups is 5. The Kier molecular flexibility index (Phi) is 6.93. The van der Waals surface area contributed by atoms with E-state index in [1.54, 1.807) is 18.2 Å². The first-order valence-electron chi connectivity index (χ1n) is 11.8. The third-order valence-electron chi connectivity index (χ3n) is 6.47. The van der Waals surface area contributed by atoms with Gasteiger partial charge in [0.2, 0.25) is 5.76 Å². The van der Waals surface area contributed by atoms with Crippen LogP contribution in [0, 0.1) is 11.8 Å². The van der Waals surface area contributed by atoms with E-state index in [0.717, 1.165) is 10.0 Å². The zero-order valence-electron chi connectivity index (χ0n) is 19.9. The highest BCUT2D eigenvalue weighted by Gasteiger charge is 2.51. The van der Waals surface area contributed by atoms with Crippen molar-refractivity contribution in [1.82, 2.24) is 10.0 Å². The van der Waals surface area contributed by atoms with Gasteiger partial charge in [0.25, 0.3) is 17.7 Å². The van der Waals surface area contributed by atoms with Crippen molar-refractivity contribution in [1.29, 1.82) is 0 Å². The highest BCUT2D eigenvalue weighted by Crippen LogP contribution is 2.36. The Balaban J connectivity index is 1.39. The molecule has 3 amide bonds. The number of ether oxygens (including phenoxy) is 1. The normalized spacial score (nSPS) is 18.3. The summed E-state index contributed by atoms with van der Waals surface area (Å²) in [6.07, 6.45) is 5.77. The number of allylic oxidation sites excluding steroid dienone is 2. The van der Waals surface area contributed by atoms with Crippen molar-refractivity contribution in [2.75, 3.05) is 6.54 Å². The molecule has 0 radical (unpaired) electrons. The average molecular weight is 533 g/mol. The number of fused-ring (bicyclic) bond motifs is 1. The standard InChI is InChI=1S/C28H21ClN2O7/c29-22-9-4-3-8-21(22)25(33)30(31-26(34)19-6-1-2-7-20(19)27(31)35)16-23(32)17-11-13-18(14-12-17)38-28(36)24-10-5-15-37-24/h1-5,8-15,19-20H,6-7,16H2/t19-,20-/m1/s1. The number of rotatable bonds is 7. The van der Waals surface area contributed by atoms with Crippen LogP contribution in [0.15, 0.2) is 83.5 Å². The molecule has 2 aromatic carbocycles. The van der Waals surface area contributed by atoms with Crippen LogP contribution in [0.25, 0.3) is 0 Å². The van der Waals surface area contributed by atoms with Gasteiger partial charge in [-0.05, 0) is 61.4 Å². The number of Topliss-reactive ketones (excluding diaryl/α,β-unsaturated/α-hetero) is 1. The van der Waals surface area contributed by atoms with Crippen LogP contribution >= 0.6 is 11.6 Å². The smallest absolute Gasteiger partial charge is 0.379 e. The fourth-order valence-corrected chi connectivity index (χ4v) is 4.73. The van der Waals surface area contributed by atoms with Crippen molar-refractivity contribution < 1.29 is 33.1 Å². The van der Waals surface area contributed by atoms with Gasteiger partial charge >= 0.3 is 5.97 Å². The monoisotopic (exact) mass is 532 g/mol. The van der Waals surface area contributed by atoms with Crippen LogP contribution < -0.4 is 4.74 Å². The molecule has 0 unspecified atom stereocenters. The van der Waals surface area contributed by atoms with E-state index in [0.29, 0.717) is 12.8 Å². The molecule has 3 aromatic rings. The van der Waals surface area contributed by atoms with Gasteiger partial charge in [-0.1, -0.05) is 35.9 Å². The van der Waals surface area contributed by atoms with Gasteiger partial charge in [-0.25, -0.2) is 9.80 Å². The molecule has 1 fully saturated rings. The second-order valence-electron chi connectivity index (χ2n) is 8.80. The maximum atomic E-state index is 13.6. The second kappa shape index (κ2) is 10.5. The van der Waals surface area contributed by atoms with Crippen molar-refractivity contribution in [3.63, 3.8) is 0 Å². The molecule has 192 valence electrons. The number of benzene rings is 2. The third-order valence-corrected chi connectivity index (χ3v) is 6.80. The Bertz CT molecular complexity index is 1420. The molecule has 2 aliphatic rings. The Morgan fingerprint density at radius 1 is 0.921 bits per heavy atom. The van der Waals surface area contributed by atoms with Crippen molar-refractivity contribution in [3.05, 3.63) is 101 Å². The highest BCUT2D eigenvalue weighted by atomic mass is 35.5. The number of amides is 3. The van der Waals surface area contributed by atoms with Gasteiger partial charge in [0.15, 0.2) is 5.78 Å². The number of esters is 1. The molecule has 9 nitrogen and oxygen atoms in total. The summed E-state index contributed by atoms with van der Waals surface area (Å²) in [6, 6.07) is 14.9. The SMILES string of the molecule is O=C(CN(C(=O)c1ccccc1Cl)N1C(=O)[C@@H]2CC=CC[C@H]2C1=O)c1ccc(OC(=O)c2ccco2)cc1. The maximum Gasteiger partial charge on any atom is 0.379 e. The van der Waals surface area contributed by atoms with E-state index in [-0.39, 0.29) is 27.7 Å². The Labute approximate surface area is 222 Å². The lowest BCUT2D eigenvalue weighted by atomic mass is 9.85. The summed E-state index contributed by atoms with van der Waals surface area (Å²) in [6.45, 7) is -0.583. The Morgan fingerprint density at radius 2 is 1.58 bits per heavy atom. The van der Waals surface area contributed by atoms with Crippen LogP contribution in [0.1, 0.15) is 44.1 Å². The first-order valence-corrected chi connectivity index (χ1v) is 12.2. The number of hydrogen-bond donors (Lipinski definition) is 0. The van der Waals surface area contributed by atoms with E-state index >= 15 is 0 Å². The van der Waals surface area contributed by atoms with Crippen molar-refractivity contribution in [3.8, 4) is 5.75 Å². The minimum absolute atomic E-state index is 0.0228. The number of hydrogen-bond acceptors (Lipinski definition) is 7. The van der Waals surface area contributed by atoms with Crippen LogP contribution in [-0.2, 0) is 9.59 Å². The molecule has 38 heavy (non-hydrogen) atoms.